The van der Waals surface area contributed by atoms with E-state index in [0.717, 1.165) is 30.4 Å². The molecular weight excluding hydrogens is 220 g/mol. The molecule has 1 N–H and O–H groups in total. The van der Waals surface area contributed by atoms with Gasteiger partial charge in [-0.1, -0.05) is 51.7 Å². The van der Waals surface area contributed by atoms with Gasteiger partial charge in [-0.05, 0) is 49.3 Å². The highest BCUT2D eigenvalue weighted by molar-refractivity contribution is 5.43. The van der Waals surface area contributed by atoms with Crippen molar-refractivity contribution < 1.29 is 5.11 Å². The van der Waals surface area contributed by atoms with Crippen molar-refractivity contribution in [1.29, 1.82) is 0 Å². The summed E-state index contributed by atoms with van der Waals surface area (Å²) in [5.41, 5.74) is 3.57. The summed E-state index contributed by atoms with van der Waals surface area (Å²) in [5.74, 6) is 0.515. The SMILES string of the molecule is CCCCCCc1cc(C)c(O)c(CCCC)c1. The summed E-state index contributed by atoms with van der Waals surface area (Å²) in [6, 6.07) is 4.36. The first-order valence-corrected chi connectivity index (χ1v) is 7.50. The van der Waals surface area contributed by atoms with Gasteiger partial charge in [0.15, 0.2) is 0 Å². The van der Waals surface area contributed by atoms with Crippen molar-refractivity contribution in [3.05, 3.63) is 28.8 Å². The third-order valence-electron chi connectivity index (χ3n) is 3.56. The number of hydrogen-bond donors (Lipinski definition) is 1. The fraction of sp³-hybridized carbons (Fsp3) is 0.647. The molecule has 0 unspecified atom stereocenters. The lowest BCUT2D eigenvalue weighted by Gasteiger charge is -2.10. The Labute approximate surface area is 112 Å². The predicted octanol–water partition coefficient (Wildman–Crippen LogP) is 5.17. The van der Waals surface area contributed by atoms with Gasteiger partial charge in [-0.3, -0.25) is 0 Å². The van der Waals surface area contributed by atoms with Crippen molar-refractivity contribution in [3.63, 3.8) is 0 Å². The van der Waals surface area contributed by atoms with E-state index < -0.39 is 0 Å². The van der Waals surface area contributed by atoms with Crippen LogP contribution >= 0.6 is 0 Å². The van der Waals surface area contributed by atoms with E-state index in [1.165, 1.54) is 37.7 Å². The lowest BCUT2D eigenvalue weighted by Crippen LogP contribution is -1.94. The molecule has 18 heavy (non-hydrogen) atoms. The van der Waals surface area contributed by atoms with Crippen molar-refractivity contribution in [2.45, 2.75) is 72.1 Å². The molecule has 0 saturated carbocycles. The Bertz CT molecular complexity index is 355. The maximum Gasteiger partial charge on any atom is 0.121 e. The molecule has 1 nitrogen and oxygen atoms in total. The first-order valence-electron chi connectivity index (χ1n) is 7.50. The van der Waals surface area contributed by atoms with Gasteiger partial charge in [0.2, 0.25) is 0 Å². The van der Waals surface area contributed by atoms with Gasteiger partial charge in [0.1, 0.15) is 5.75 Å². The molecule has 0 aliphatic rings. The molecule has 0 amide bonds. The zero-order chi connectivity index (χ0) is 13.4. The van der Waals surface area contributed by atoms with Gasteiger partial charge in [-0.15, -0.1) is 0 Å². The van der Waals surface area contributed by atoms with Crippen LogP contribution in [0.25, 0.3) is 0 Å². The number of unbranched alkanes of at least 4 members (excludes halogenated alkanes) is 4. The monoisotopic (exact) mass is 248 g/mol. The van der Waals surface area contributed by atoms with Gasteiger partial charge >= 0.3 is 0 Å². The molecule has 0 fully saturated rings. The maximum atomic E-state index is 10.1. The van der Waals surface area contributed by atoms with E-state index in [0.29, 0.717) is 5.75 Å². The van der Waals surface area contributed by atoms with Crippen molar-refractivity contribution in [2.75, 3.05) is 0 Å². The summed E-state index contributed by atoms with van der Waals surface area (Å²) in [5, 5.41) is 10.1. The number of hydrogen-bond acceptors (Lipinski definition) is 1. The largest absolute Gasteiger partial charge is 0.507 e. The van der Waals surface area contributed by atoms with Gasteiger partial charge < -0.3 is 5.11 Å². The number of aromatic hydroxyl groups is 1. The van der Waals surface area contributed by atoms with E-state index in [-0.39, 0.29) is 0 Å². The molecule has 1 aromatic rings. The second-order valence-corrected chi connectivity index (χ2v) is 5.33. The summed E-state index contributed by atoms with van der Waals surface area (Å²) in [6.07, 6.45) is 9.71. The van der Waals surface area contributed by atoms with Crippen LogP contribution in [-0.4, -0.2) is 5.11 Å². The highest BCUT2D eigenvalue weighted by Gasteiger charge is 2.06. The van der Waals surface area contributed by atoms with Crippen LogP contribution < -0.4 is 0 Å². The number of aryl methyl sites for hydroxylation is 3. The first-order chi connectivity index (χ1) is 8.69. The molecule has 0 radical (unpaired) electrons. The van der Waals surface area contributed by atoms with E-state index in [1.54, 1.807) is 0 Å². The van der Waals surface area contributed by atoms with Crippen molar-refractivity contribution >= 4 is 0 Å². The van der Waals surface area contributed by atoms with Crippen LogP contribution in [0.2, 0.25) is 0 Å². The van der Waals surface area contributed by atoms with Gasteiger partial charge in [-0.25, -0.2) is 0 Å². The number of phenolic OH excluding ortho intramolecular Hbond substituents is 1. The molecule has 0 saturated heterocycles. The third-order valence-corrected chi connectivity index (χ3v) is 3.56. The summed E-state index contributed by atoms with van der Waals surface area (Å²) in [4.78, 5) is 0. The molecule has 0 atom stereocenters. The van der Waals surface area contributed by atoms with Crippen LogP contribution in [0.4, 0.5) is 0 Å². The third kappa shape index (κ3) is 4.72. The zero-order valence-electron chi connectivity index (χ0n) is 12.3. The second kappa shape index (κ2) is 8.18. The van der Waals surface area contributed by atoms with Gasteiger partial charge in [0, 0.05) is 0 Å². The van der Waals surface area contributed by atoms with Crippen LogP contribution in [0.3, 0.4) is 0 Å². The summed E-state index contributed by atoms with van der Waals surface area (Å²) in [7, 11) is 0. The average Bonchev–Trinajstić information content (AvgIpc) is 2.37. The molecule has 102 valence electrons. The lowest BCUT2D eigenvalue weighted by atomic mass is 9.97. The predicted molar refractivity (Wildman–Crippen MR) is 79.3 cm³/mol. The fourth-order valence-corrected chi connectivity index (χ4v) is 2.39. The van der Waals surface area contributed by atoms with Gasteiger partial charge in [0.25, 0.3) is 0 Å². The van der Waals surface area contributed by atoms with Crippen LogP contribution in [0.1, 0.15) is 69.1 Å². The topological polar surface area (TPSA) is 20.2 Å². The first kappa shape index (κ1) is 15.1. The molecule has 1 heteroatoms. The Balaban J connectivity index is 2.65. The Morgan fingerprint density at radius 2 is 1.61 bits per heavy atom. The minimum Gasteiger partial charge on any atom is -0.507 e. The Kier molecular flexibility index (Phi) is 6.85. The van der Waals surface area contributed by atoms with Crippen LogP contribution in [-0.2, 0) is 12.8 Å². The summed E-state index contributed by atoms with van der Waals surface area (Å²) in [6.45, 7) is 6.45. The average molecular weight is 248 g/mol. The lowest BCUT2D eigenvalue weighted by molar-refractivity contribution is 0.462. The molecule has 1 aromatic carbocycles. The van der Waals surface area contributed by atoms with Gasteiger partial charge in [0.05, 0.1) is 0 Å². The fourth-order valence-electron chi connectivity index (χ4n) is 2.39. The maximum absolute atomic E-state index is 10.1. The standard InChI is InChI=1S/C17H28O/c1-4-6-8-9-10-15-12-14(3)17(18)16(13-15)11-7-5-2/h12-13,18H,4-11H2,1-3H3. The summed E-state index contributed by atoms with van der Waals surface area (Å²) < 4.78 is 0. The molecule has 0 aromatic heterocycles. The van der Waals surface area contributed by atoms with E-state index in [2.05, 4.69) is 26.0 Å². The molecule has 0 spiro atoms. The smallest absolute Gasteiger partial charge is 0.121 e. The zero-order valence-corrected chi connectivity index (χ0v) is 12.3. The highest BCUT2D eigenvalue weighted by Crippen LogP contribution is 2.26. The Morgan fingerprint density at radius 1 is 0.889 bits per heavy atom. The second-order valence-electron chi connectivity index (χ2n) is 5.33. The molecular formula is C17H28O. The van der Waals surface area contributed by atoms with Crippen molar-refractivity contribution in [1.82, 2.24) is 0 Å². The molecule has 1 rings (SSSR count). The normalized spacial score (nSPS) is 10.8. The highest BCUT2D eigenvalue weighted by atomic mass is 16.3. The molecule has 0 heterocycles. The van der Waals surface area contributed by atoms with Crippen molar-refractivity contribution in [2.24, 2.45) is 0 Å². The molecule has 0 aliphatic carbocycles. The minimum absolute atomic E-state index is 0.515. The van der Waals surface area contributed by atoms with Crippen LogP contribution in [0.5, 0.6) is 5.75 Å². The Morgan fingerprint density at radius 3 is 2.28 bits per heavy atom. The number of benzene rings is 1. The molecule has 0 aliphatic heterocycles. The van der Waals surface area contributed by atoms with E-state index in [4.69, 9.17) is 0 Å². The summed E-state index contributed by atoms with van der Waals surface area (Å²) >= 11 is 0. The van der Waals surface area contributed by atoms with Gasteiger partial charge in [-0.2, -0.15) is 0 Å². The van der Waals surface area contributed by atoms with Crippen LogP contribution in [0.15, 0.2) is 12.1 Å². The quantitative estimate of drug-likeness (QED) is 0.629. The number of rotatable bonds is 8. The number of phenols is 1. The van der Waals surface area contributed by atoms with E-state index in [9.17, 15) is 5.11 Å². The minimum atomic E-state index is 0.515. The van der Waals surface area contributed by atoms with Crippen molar-refractivity contribution in [3.8, 4) is 5.75 Å². The van der Waals surface area contributed by atoms with E-state index in [1.807, 2.05) is 6.92 Å². The van der Waals surface area contributed by atoms with E-state index >= 15 is 0 Å². The van der Waals surface area contributed by atoms with Crippen LogP contribution in [0, 0.1) is 6.92 Å². The Hall–Kier alpha value is -0.980. The molecule has 0 bridgehead atoms.